The van der Waals surface area contributed by atoms with Crippen LogP contribution >= 0.6 is 15.9 Å². The minimum atomic E-state index is -1.14. The summed E-state index contributed by atoms with van der Waals surface area (Å²) in [4.78, 5) is 11.4. The van der Waals surface area contributed by atoms with Crippen molar-refractivity contribution >= 4 is 27.6 Å². The van der Waals surface area contributed by atoms with Crippen molar-refractivity contribution in [2.45, 2.75) is 13.0 Å². The minimum Gasteiger partial charge on any atom is -0.479 e. The van der Waals surface area contributed by atoms with Gasteiger partial charge in [-0.25, -0.2) is 9.18 Å². The van der Waals surface area contributed by atoms with E-state index in [1.54, 1.807) is 12.1 Å². The van der Waals surface area contributed by atoms with Gasteiger partial charge in [-0.05, 0) is 37.3 Å². The Balaban J connectivity index is 2.34. The van der Waals surface area contributed by atoms with Gasteiger partial charge >= 0.3 is 5.97 Å². The molecule has 0 saturated carbocycles. The summed E-state index contributed by atoms with van der Waals surface area (Å²) in [5.74, 6) is -1.69. The highest BCUT2D eigenvalue weighted by Crippen LogP contribution is 2.25. The van der Waals surface area contributed by atoms with Crippen molar-refractivity contribution < 1.29 is 14.3 Å². The van der Waals surface area contributed by atoms with Crippen LogP contribution in [0.2, 0.25) is 0 Å². The van der Waals surface area contributed by atoms with Crippen LogP contribution in [0.15, 0.2) is 46.9 Å². The third-order valence-electron chi connectivity index (χ3n) is 2.88. The van der Waals surface area contributed by atoms with Crippen molar-refractivity contribution in [1.29, 1.82) is 0 Å². The Labute approximate surface area is 124 Å². The lowest BCUT2D eigenvalue weighted by atomic mass is 10.1. The SMILES string of the molecule is Cc1ccc(NC(C(=O)O)c2cc(Br)ccc2F)cc1. The van der Waals surface area contributed by atoms with E-state index in [1.807, 2.05) is 19.1 Å². The van der Waals surface area contributed by atoms with Gasteiger partial charge in [-0.1, -0.05) is 33.6 Å². The molecule has 1 unspecified atom stereocenters. The summed E-state index contributed by atoms with van der Waals surface area (Å²) in [6.45, 7) is 1.94. The fraction of sp³-hybridized carbons (Fsp3) is 0.133. The van der Waals surface area contributed by atoms with E-state index in [0.717, 1.165) is 5.56 Å². The van der Waals surface area contributed by atoms with Crippen LogP contribution in [0.1, 0.15) is 17.2 Å². The summed E-state index contributed by atoms with van der Waals surface area (Å²) < 4.78 is 14.5. The third-order valence-corrected chi connectivity index (χ3v) is 3.37. The number of hydrogen-bond acceptors (Lipinski definition) is 2. The molecule has 2 aromatic rings. The van der Waals surface area contributed by atoms with Gasteiger partial charge in [0.2, 0.25) is 0 Å². The fourth-order valence-corrected chi connectivity index (χ4v) is 2.20. The number of halogens is 2. The maximum atomic E-state index is 13.8. The highest BCUT2D eigenvalue weighted by atomic mass is 79.9. The molecule has 0 bridgehead atoms. The first-order chi connectivity index (χ1) is 9.47. The zero-order valence-electron chi connectivity index (χ0n) is 10.7. The molecule has 0 spiro atoms. The first kappa shape index (κ1) is 14.5. The lowest BCUT2D eigenvalue weighted by Crippen LogP contribution is -2.21. The van der Waals surface area contributed by atoms with Gasteiger partial charge in [0.05, 0.1) is 0 Å². The maximum absolute atomic E-state index is 13.8. The number of aryl methyl sites for hydroxylation is 1. The Kier molecular flexibility index (Phi) is 4.39. The van der Waals surface area contributed by atoms with Crippen LogP contribution in [0.3, 0.4) is 0 Å². The van der Waals surface area contributed by atoms with Crippen LogP contribution in [0.5, 0.6) is 0 Å². The van der Waals surface area contributed by atoms with Crippen molar-refractivity contribution in [2.75, 3.05) is 5.32 Å². The number of nitrogens with one attached hydrogen (secondary N) is 1. The molecule has 2 aromatic carbocycles. The molecule has 0 amide bonds. The molecule has 0 aliphatic rings. The highest BCUT2D eigenvalue weighted by Gasteiger charge is 2.23. The molecule has 0 radical (unpaired) electrons. The number of benzene rings is 2. The molecule has 0 saturated heterocycles. The summed E-state index contributed by atoms with van der Waals surface area (Å²) >= 11 is 3.22. The molecule has 0 aliphatic carbocycles. The molecule has 1 atom stereocenters. The second-order valence-corrected chi connectivity index (χ2v) is 5.36. The van der Waals surface area contributed by atoms with Crippen LogP contribution in [0, 0.1) is 12.7 Å². The van der Waals surface area contributed by atoms with Gasteiger partial charge in [0.1, 0.15) is 5.82 Å². The highest BCUT2D eigenvalue weighted by molar-refractivity contribution is 9.10. The van der Waals surface area contributed by atoms with Gasteiger partial charge < -0.3 is 10.4 Å². The second-order valence-electron chi connectivity index (χ2n) is 4.45. The molecule has 5 heteroatoms. The lowest BCUT2D eigenvalue weighted by Gasteiger charge is -2.17. The maximum Gasteiger partial charge on any atom is 0.330 e. The summed E-state index contributed by atoms with van der Waals surface area (Å²) in [7, 11) is 0. The quantitative estimate of drug-likeness (QED) is 0.881. The summed E-state index contributed by atoms with van der Waals surface area (Å²) in [5.41, 5.74) is 1.78. The van der Waals surface area contributed by atoms with Crippen molar-refractivity contribution in [3.8, 4) is 0 Å². The molecule has 0 heterocycles. The number of carboxylic acid groups (broad SMARTS) is 1. The molecule has 20 heavy (non-hydrogen) atoms. The van der Waals surface area contributed by atoms with Gasteiger partial charge in [-0.2, -0.15) is 0 Å². The first-order valence-corrected chi connectivity index (χ1v) is 6.77. The average molecular weight is 338 g/mol. The van der Waals surface area contributed by atoms with E-state index in [9.17, 15) is 14.3 Å². The van der Waals surface area contributed by atoms with Crippen molar-refractivity contribution in [3.05, 3.63) is 63.9 Å². The van der Waals surface area contributed by atoms with E-state index in [2.05, 4.69) is 21.2 Å². The predicted octanol–water partition coefficient (Wildman–Crippen LogP) is 4.13. The Hall–Kier alpha value is -1.88. The van der Waals surface area contributed by atoms with E-state index >= 15 is 0 Å². The predicted molar refractivity (Wildman–Crippen MR) is 79.3 cm³/mol. The first-order valence-electron chi connectivity index (χ1n) is 5.98. The zero-order valence-corrected chi connectivity index (χ0v) is 12.3. The number of aliphatic carboxylic acids is 1. The van der Waals surface area contributed by atoms with Crippen LogP contribution in [-0.4, -0.2) is 11.1 Å². The molecule has 3 nitrogen and oxygen atoms in total. The van der Waals surface area contributed by atoms with Gasteiger partial charge in [-0.3, -0.25) is 0 Å². The topological polar surface area (TPSA) is 49.3 Å². The Morgan fingerprint density at radius 3 is 2.50 bits per heavy atom. The van der Waals surface area contributed by atoms with Gasteiger partial charge in [0.15, 0.2) is 6.04 Å². The number of carboxylic acids is 1. The summed E-state index contributed by atoms with van der Waals surface area (Å²) in [6.07, 6.45) is 0. The van der Waals surface area contributed by atoms with Crippen molar-refractivity contribution in [1.82, 2.24) is 0 Å². The number of carbonyl (C=O) groups is 1. The molecule has 2 rings (SSSR count). The Morgan fingerprint density at radius 1 is 1.25 bits per heavy atom. The molecule has 2 N–H and O–H groups in total. The summed E-state index contributed by atoms with van der Waals surface area (Å²) in [5, 5.41) is 12.1. The van der Waals surface area contributed by atoms with Crippen LogP contribution in [0.25, 0.3) is 0 Å². The Bertz CT molecular complexity index is 628. The zero-order chi connectivity index (χ0) is 14.7. The number of hydrogen-bond donors (Lipinski definition) is 2. The third kappa shape index (κ3) is 3.36. The van der Waals surface area contributed by atoms with E-state index in [4.69, 9.17) is 0 Å². The minimum absolute atomic E-state index is 0.0902. The van der Waals surface area contributed by atoms with Crippen LogP contribution in [0.4, 0.5) is 10.1 Å². The van der Waals surface area contributed by atoms with E-state index in [-0.39, 0.29) is 5.56 Å². The standard InChI is InChI=1S/C15H13BrFNO2/c1-9-2-5-11(6-3-9)18-14(15(19)20)12-8-10(16)4-7-13(12)17/h2-8,14,18H,1H3,(H,19,20). The monoisotopic (exact) mass is 337 g/mol. The van der Waals surface area contributed by atoms with Crippen molar-refractivity contribution in [3.63, 3.8) is 0 Å². The Morgan fingerprint density at radius 2 is 1.90 bits per heavy atom. The smallest absolute Gasteiger partial charge is 0.330 e. The van der Waals surface area contributed by atoms with E-state index in [1.165, 1.54) is 18.2 Å². The van der Waals surface area contributed by atoms with Crippen molar-refractivity contribution in [2.24, 2.45) is 0 Å². The normalized spacial score (nSPS) is 11.9. The van der Waals surface area contributed by atoms with Gasteiger partial charge in [-0.15, -0.1) is 0 Å². The fourth-order valence-electron chi connectivity index (χ4n) is 1.82. The van der Waals surface area contributed by atoms with Gasteiger partial charge in [0.25, 0.3) is 0 Å². The molecular weight excluding hydrogens is 325 g/mol. The molecular formula is C15H13BrFNO2. The van der Waals surface area contributed by atoms with Crippen LogP contribution in [-0.2, 0) is 4.79 Å². The number of rotatable bonds is 4. The molecule has 0 aliphatic heterocycles. The molecule has 0 fully saturated rings. The van der Waals surface area contributed by atoms with E-state index in [0.29, 0.717) is 10.2 Å². The average Bonchev–Trinajstić information content (AvgIpc) is 2.41. The van der Waals surface area contributed by atoms with E-state index < -0.39 is 17.8 Å². The van der Waals surface area contributed by atoms with Gasteiger partial charge in [0, 0.05) is 15.7 Å². The molecule has 104 valence electrons. The summed E-state index contributed by atoms with van der Waals surface area (Å²) in [6, 6.07) is 10.3. The largest absolute Gasteiger partial charge is 0.479 e. The number of anilines is 1. The van der Waals surface area contributed by atoms with Crippen LogP contribution < -0.4 is 5.32 Å². The molecule has 0 aromatic heterocycles. The second kappa shape index (κ2) is 6.05. The lowest BCUT2D eigenvalue weighted by molar-refractivity contribution is -0.138.